The standard InChI is InChI=1S/C13H18N4O2S/c1-3-13(4-2,12(18)19)9-17-11(14-15-16-17)7-10-5-6-20-8-10/h5-6,8H,3-4,7,9H2,1-2H3,(H,18,19). The number of tetrazole rings is 1. The van der Waals surface area contributed by atoms with Crippen molar-refractivity contribution in [1.29, 1.82) is 0 Å². The van der Waals surface area contributed by atoms with Gasteiger partial charge in [-0.25, -0.2) is 4.68 Å². The number of nitrogens with zero attached hydrogens (tertiary/aromatic N) is 4. The molecule has 2 heterocycles. The van der Waals surface area contributed by atoms with Crippen LogP contribution in [0.2, 0.25) is 0 Å². The first-order chi connectivity index (χ1) is 9.61. The number of aliphatic carboxylic acids is 1. The van der Waals surface area contributed by atoms with Crippen LogP contribution in [0.4, 0.5) is 0 Å². The van der Waals surface area contributed by atoms with Crippen LogP contribution in [0.1, 0.15) is 38.1 Å². The van der Waals surface area contributed by atoms with Crippen LogP contribution < -0.4 is 0 Å². The van der Waals surface area contributed by atoms with Crippen LogP contribution in [0, 0.1) is 5.41 Å². The minimum Gasteiger partial charge on any atom is -0.481 e. The number of hydrogen-bond donors (Lipinski definition) is 1. The van der Waals surface area contributed by atoms with E-state index in [0.717, 1.165) is 5.56 Å². The molecule has 6 nitrogen and oxygen atoms in total. The van der Waals surface area contributed by atoms with E-state index in [1.54, 1.807) is 16.0 Å². The van der Waals surface area contributed by atoms with Gasteiger partial charge in [0.1, 0.15) is 0 Å². The number of aromatic nitrogens is 4. The van der Waals surface area contributed by atoms with Gasteiger partial charge in [-0.1, -0.05) is 13.8 Å². The van der Waals surface area contributed by atoms with Gasteiger partial charge in [0.2, 0.25) is 0 Å². The summed E-state index contributed by atoms with van der Waals surface area (Å²) >= 11 is 1.62. The van der Waals surface area contributed by atoms with E-state index in [4.69, 9.17) is 0 Å². The molecule has 108 valence electrons. The van der Waals surface area contributed by atoms with Crippen LogP contribution in [-0.2, 0) is 17.8 Å². The van der Waals surface area contributed by atoms with Gasteiger partial charge in [-0.15, -0.1) is 5.10 Å². The molecule has 0 amide bonds. The van der Waals surface area contributed by atoms with Crippen LogP contribution >= 0.6 is 11.3 Å². The highest BCUT2D eigenvalue weighted by Gasteiger charge is 2.36. The molecule has 2 aromatic rings. The van der Waals surface area contributed by atoms with Crippen LogP contribution in [-0.4, -0.2) is 31.3 Å². The Kier molecular flexibility index (Phi) is 4.49. The number of carboxylic acids is 1. The molecule has 0 radical (unpaired) electrons. The zero-order chi connectivity index (χ0) is 14.6. The third-order valence-corrected chi connectivity index (χ3v) is 4.54. The first-order valence-corrected chi connectivity index (χ1v) is 7.55. The van der Waals surface area contributed by atoms with Gasteiger partial charge in [-0.2, -0.15) is 11.3 Å². The molecule has 0 spiro atoms. The molecule has 0 saturated heterocycles. The van der Waals surface area contributed by atoms with Gasteiger partial charge in [0.15, 0.2) is 5.82 Å². The van der Waals surface area contributed by atoms with Crippen LogP contribution in [0.5, 0.6) is 0 Å². The minimum absolute atomic E-state index is 0.307. The molecule has 0 aliphatic rings. The molecule has 20 heavy (non-hydrogen) atoms. The summed E-state index contributed by atoms with van der Waals surface area (Å²) in [5.41, 5.74) is 0.332. The van der Waals surface area contributed by atoms with Gasteiger partial charge in [-0.05, 0) is 45.7 Å². The quantitative estimate of drug-likeness (QED) is 0.846. The van der Waals surface area contributed by atoms with E-state index < -0.39 is 11.4 Å². The predicted octanol–water partition coefficient (Wildman–Crippen LogP) is 2.22. The first-order valence-electron chi connectivity index (χ1n) is 6.61. The predicted molar refractivity (Wildman–Crippen MR) is 75.6 cm³/mol. The summed E-state index contributed by atoms with van der Waals surface area (Å²) in [6.07, 6.45) is 1.73. The summed E-state index contributed by atoms with van der Waals surface area (Å²) in [7, 11) is 0. The fourth-order valence-corrected chi connectivity index (χ4v) is 2.85. The monoisotopic (exact) mass is 294 g/mol. The van der Waals surface area contributed by atoms with Gasteiger partial charge >= 0.3 is 5.97 Å². The van der Waals surface area contributed by atoms with Crippen molar-refractivity contribution in [3.63, 3.8) is 0 Å². The van der Waals surface area contributed by atoms with E-state index in [0.29, 0.717) is 31.6 Å². The third-order valence-electron chi connectivity index (χ3n) is 3.81. The summed E-state index contributed by atoms with van der Waals surface area (Å²) in [5, 5.41) is 25.2. The van der Waals surface area contributed by atoms with E-state index in [2.05, 4.69) is 15.5 Å². The lowest BCUT2D eigenvalue weighted by Crippen LogP contribution is -2.35. The molecule has 0 aliphatic heterocycles. The Balaban J connectivity index is 2.21. The maximum atomic E-state index is 11.6. The van der Waals surface area contributed by atoms with E-state index in [1.165, 1.54) is 0 Å². The summed E-state index contributed by atoms with van der Waals surface area (Å²) in [5.74, 6) is -0.0876. The normalized spacial score (nSPS) is 11.7. The summed E-state index contributed by atoms with van der Waals surface area (Å²) in [6.45, 7) is 4.09. The lowest BCUT2D eigenvalue weighted by molar-refractivity contribution is -0.150. The SMILES string of the molecule is CCC(CC)(Cn1nnnc1Cc1ccsc1)C(=O)O. The molecule has 2 rings (SSSR count). The molecule has 1 N–H and O–H groups in total. The van der Waals surface area contributed by atoms with E-state index in [-0.39, 0.29) is 0 Å². The Morgan fingerprint density at radius 1 is 1.45 bits per heavy atom. The van der Waals surface area contributed by atoms with E-state index >= 15 is 0 Å². The Hall–Kier alpha value is -1.76. The van der Waals surface area contributed by atoms with Crippen LogP contribution in [0.3, 0.4) is 0 Å². The zero-order valence-corrected chi connectivity index (χ0v) is 12.4. The summed E-state index contributed by atoms with van der Waals surface area (Å²) in [6, 6.07) is 2.02. The largest absolute Gasteiger partial charge is 0.481 e. The van der Waals surface area contributed by atoms with Gasteiger partial charge in [0.05, 0.1) is 12.0 Å². The highest BCUT2D eigenvalue weighted by atomic mass is 32.1. The molecular weight excluding hydrogens is 276 g/mol. The Morgan fingerprint density at radius 3 is 2.75 bits per heavy atom. The Bertz CT molecular complexity index is 561. The van der Waals surface area contributed by atoms with Crippen molar-refractivity contribution in [2.45, 2.75) is 39.7 Å². The second kappa shape index (κ2) is 6.13. The summed E-state index contributed by atoms with van der Waals surface area (Å²) in [4.78, 5) is 11.6. The number of carbonyl (C=O) groups is 1. The lowest BCUT2D eigenvalue weighted by atomic mass is 9.82. The van der Waals surface area contributed by atoms with Crippen molar-refractivity contribution < 1.29 is 9.90 Å². The molecule has 7 heteroatoms. The molecular formula is C13H18N4O2S. The van der Waals surface area contributed by atoms with Crippen molar-refractivity contribution in [2.75, 3.05) is 0 Å². The van der Waals surface area contributed by atoms with Crippen molar-refractivity contribution in [3.05, 3.63) is 28.2 Å². The highest BCUT2D eigenvalue weighted by Crippen LogP contribution is 2.29. The van der Waals surface area contributed by atoms with Crippen LogP contribution in [0.15, 0.2) is 16.8 Å². The number of rotatable bonds is 7. The van der Waals surface area contributed by atoms with Crippen LogP contribution in [0.25, 0.3) is 0 Å². The molecule has 2 aromatic heterocycles. The second-order valence-corrected chi connectivity index (χ2v) is 5.63. The van der Waals surface area contributed by atoms with Crippen molar-refractivity contribution in [3.8, 4) is 0 Å². The zero-order valence-electron chi connectivity index (χ0n) is 11.6. The third kappa shape index (κ3) is 2.87. The van der Waals surface area contributed by atoms with Gasteiger partial charge in [0, 0.05) is 6.42 Å². The highest BCUT2D eigenvalue weighted by molar-refractivity contribution is 7.07. The summed E-state index contributed by atoms with van der Waals surface area (Å²) < 4.78 is 1.62. The van der Waals surface area contributed by atoms with Crippen molar-refractivity contribution in [2.24, 2.45) is 5.41 Å². The first kappa shape index (κ1) is 14.6. The fraction of sp³-hybridized carbons (Fsp3) is 0.538. The Morgan fingerprint density at radius 2 is 2.20 bits per heavy atom. The molecule has 0 saturated carbocycles. The van der Waals surface area contributed by atoms with Crippen molar-refractivity contribution >= 4 is 17.3 Å². The van der Waals surface area contributed by atoms with Gasteiger partial charge in [-0.3, -0.25) is 4.79 Å². The molecule has 0 bridgehead atoms. The number of hydrogen-bond acceptors (Lipinski definition) is 5. The maximum absolute atomic E-state index is 11.6. The smallest absolute Gasteiger partial charge is 0.311 e. The van der Waals surface area contributed by atoms with Gasteiger partial charge < -0.3 is 5.11 Å². The minimum atomic E-state index is -0.807. The average Bonchev–Trinajstić information content (AvgIpc) is 3.08. The van der Waals surface area contributed by atoms with Crippen molar-refractivity contribution in [1.82, 2.24) is 20.2 Å². The fourth-order valence-electron chi connectivity index (χ4n) is 2.18. The van der Waals surface area contributed by atoms with E-state index in [9.17, 15) is 9.90 Å². The Labute approximate surface area is 121 Å². The topological polar surface area (TPSA) is 80.9 Å². The van der Waals surface area contributed by atoms with E-state index in [1.807, 2.05) is 30.7 Å². The maximum Gasteiger partial charge on any atom is 0.311 e. The molecule has 0 atom stereocenters. The lowest BCUT2D eigenvalue weighted by Gasteiger charge is -2.26. The number of thiophene rings is 1. The molecule has 0 fully saturated rings. The second-order valence-electron chi connectivity index (χ2n) is 4.85. The molecule has 0 aliphatic carbocycles. The molecule has 0 unspecified atom stereocenters. The molecule has 0 aromatic carbocycles. The number of carboxylic acid groups (broad SMARTS) is 1. The average molecular weight is 294 g/mol. The van der Waals surface area contributed by atoms with Gasteiger partial charge in [0.25, 0.3) is 0 Å².